The second-order valence-electron chi connectivity index (χ2n) is 9.47. The highest BCUT2D eigenvalue weighted by Gasteiger charge is 2.51. The summed E-state index contributed by atoms with van der Waals surface area (Å²) >= 11 is 0. The highest BCUT2D eigenvalue weighted by Crippen LogP contribution is 2.33. The van der Waals surface area contributed by atoms with Crippen molar-refractivity contribution in [2.24, 2.45) is 5.11 Å². The van der Waals surface area contributed by atoms with Crippen molar-refractivity contribution in [3.63, 3.8) is 0 Å². The van der Waals surface area contributed by atoms with Crippen molar-refractivity contribution in [3.8, 4) is 5.75 Å². The predicted molar refractivity (Wildman–Crippen MR) is 133 cm³/mol. The normalized spacial score (nSPS) is 34.2. The molecule has 0 aliphatic carbocycles. The van der Waals surface area contributed by atoms with Gasteiger partial charge in [0, 0.05) is 17.9 Å². The molecule has 3 heterocycles. The number of fused-ring (bicyclic) bond motifs is 1. The fourth-order valence-corrected chi connectivity index (χ4v) is 4.77. The number of aryl methyl sites for hydroxylation is 1. The summed E-state index contributed by atoms with van der Waals surface area (Å²) in [5.41, 5.74) is 8.79. The molecule has 40 heavy (non-hydrogen) atoms. The van der Waals surface area contributed by atoms with E-state index in [1.54, 1.807) is 25.1 Å². The van der Waals surface area contributed by atoms with E-state index in [0.29, 0.717) is 10.9 Å². The molecule has 1 aromatic heterocycles. The Morgan fingerprint density at radius 1 is 1.10 bits per heavy atom. The quantitative estimate of drug-likeness (QED) is 0.0931. The maximum absolute atomic E-state index is 12.0. The van der Waals surface area contributed by atoms with Crippen LogP contribution in [0.2, 0.25) is 0 Å². The molecule has 2 saturated heterocycles. The maximum Gasteiger partial charge on any atom is 0.336 e. The molecule has 0 unspecified atom stereocenters. The molecule has 2 aromatic rings. The van der Waals surface area contributed by atoms with Gasteiger partial charge in [0.1, 0.15) is 54.0 Å². The third-order valence-electron chi connectivity index (χ3n) is 6.68. The smallest absolute Gasteiger partial charge is 0.336 e. The number of amides is 1. The van der Waals surface area contributed by atoms with Gasteiger partial charge in [0.2, 0.25) is 12.2 Å². The number of nitrogens with zero attached hydrogens (tertiary/aromatic N) is 3. The van der Waals surface area contributed by atoms with Crippen molar-refractivity contribution in [1.82, 2.24) is 5.32 Å². The van der Waals surface area contributed by atoms with Gasteiger partial charge >= 0.3 is 5.63 Å². The predicted octanol–water partition coefficient (Wildman–Crippen LogP) is -1.43. The van der Waals surface area contributed by atoms with E-state index in [4.69, 9.17) is 28.9 Å². The number of benzene rings is 1. The van der Waals surface area contributed by atoms with Crippen molar-refractivity contribution in [2.75, 3.05) is 13.2 Å². The van der Waals surface area contributed by atoms with Gasteiger partial charge in [0.15, 0.2) is 6.29 Å². The van der Waals surface area contributed by atoms with Crippen molar-refractivity contribution < 1.29 is 53.7 Å². The molecular weight excluding hydrogens is 536 g/mol. The molecule has 4 rings (SSSR count). The van der Waals surface area contributed by atoms with Crippen molar-refractivity contribution >= 4 is 16.9 Å². The third kappa shape index (κ3) is 6.05. The lowest BCUT2D eigenvalue weighted by Crippen LogP contribution is -2.68. The Morgan fingerprint density at radius 2 is 1.82 bits per heavy atom. The van der Waals surface area contributed by atoms with Crippen LogP contribution in [-0.4, -0.2) is 106 Å². The summed E-state index contributed by atoms with van der Waals surface area (Å²) in [5.74, 6) is -0.365. The second-order valence-corrected chi connectivity index (χ2v) is 9.47. The Morgan fingerprint density at radius 3 is 2.50 bits per heavy atom. The van der Waals surface area contributed by atoms with Gasteiger partial charge in [-0.15, -0.1) is 0 Å². The van der Waals surface area contributed by atoms with Crippen LogP contribution >= 0.6 is 0 Å². The topological polar surface area (TPSA) is 246 Å². The molecule has 6 N–H and O–H groups in total. The van der Waals surface area contributed by atoms with Gasteiger partial charge in [-0.3, -0.25) is 4.79 Å². The minimum atomic E-state index is -1.80. The first-order valence-corrected chi connectivity index (χ1v) is 12.3. The zero-order valence-corrected chi connectivity index (χ0v) is 21.4. The number of azide groups is 1. The maximum atomic E-state index is 12.0. The average molecular weight is 567 g/mol. The van der Waals surface area contributed by atoms with Crippen LogP contribution in [0, 0.1) is 6.92 Å². The molecule has 16 nitrogen and oxygen atoms in total. The van der Waals surface area contributed by atoms with Crippen LogP contribution in [0.3, 0.4) is 0 Å². The molecule has 2 fully saturated rings. The molecule has 0 spiro atoms. The highest BCUT2D eigenvalue weighted by atomic mass is 16.7. The summed E-state index contributed by atoms with van der Waals surface area (Å²) in [7, 11) is 0. The molecular formula is C24H30N4O12. The summed E-state index contributed by atoms with van der Waals surface area (Å²) < 4.78 is 28.4. The van der Waals surface area contributed by atoms with Gasteiger partial charge in [0.05, 0.1) is 24.6 Å². The van der Waals surface area contributed by atoms with Crippen LogP contribution in [0.5, 0.6) is 5.75 Å². The van der Waals surface area contributed by atoms with E-state index < -0.39 is 86.0 Å². The van der Waals surface area contributed by atoms with E-state index in [1.807, 2.05) is 0 Å². The number of nitrogens with one attached hydrogen (secondary N) is 1. The fraction of sp³-hybridized carbons (Fsp3) is 0.583. The first kappa shape index (κ1) is 29.7. The summed E-state index contributed by atoms with van der Waals surface area (Å²) in [5, 5.41) is 58.5. The van der Waals surface area contributed by atoms with Crippen LogP contribution in [0.15, 0.2) is 38.6 Å². The third-order valence-corrected chi connectivity index (χ3v) is 6.68. The molecule has 1 amide bonds. The minimum absolute atomic E-state index is 0.200. The minimum Gasteiger partial charge on any atom is -0.462 e. The Labute approximate surface area is 226 Å². The number of carbonyl (C=O) groups excluding carboxylic acids is 1. The molecule has 0 bridgehead atoms. The van der Waals surface area contributed by atoms with Gasteiger partial charge in [-0.25, -0.2) is 4.79 Å². The Bertz CT molecular complexity index is 1320. The first-order chi connectivity index (χ1) is 19.0. The summed E-state index contributed by atoms with van der Waals surface area (Å²) in [4.78, 5) is 26.4. The number of hydrogen-bond acceptors (Lipinski definition) is 13. The van der Waals surface area contributed by atoms with Crippen LogP contribution in [-0.2, 0) is 19.0 Å². The monoisotopic (exact) mass is 566 g/mol. The van der Waals surface area contributed by atoms with E-state index in [1.165, 1.54) is 13.0 Å². The van der Waals surface area contributed by atoms with Crippen LogP contribution in [0.1, 0.15) is 12.5 Å². The Kier molecular flexibility index (Phi) is 9.25. The van der Waals surface area contributed by atoms with Gasteiger partial charge in [-0.05, 0) is 30.2 Å². The van der Waals surface area contributed by atoms with Gasteiger partial charge < -0.3 is 54.2 Å². The van der Waals surface area contributed by atoms with Crippen LogP contribution in [0.25, 0.3) is 21.4 Å². The summed E-state index contributed by atoms with van der Waals surface area (Å²) in [6.07, 6.45) is -13.8. The largest absolute Gasteiger partial charge is 0.462 e. The van der Waals surface area contributed by atoms with E-state index >= 15 is 0 Å². The number of carbonyl (C=O) groups is 1. The molecule has 0 saturated carbocycles. The lowest BCUT2D eigenvalue weighted by Gasteiger charge is -2.47. The van der Waals surface area contributed by atoms with E-state index in [0.717, 1.165) is 0 Å². The van der Waals surface area contributed by atoms with Crippen molar-refractivity contribution in [2.45, 2.75) is 75.2 Å². The van der Waals surface area contributed by atoms with Crippen molar-refractivity contribution in [3.05, 3.63) is 50.7 Å². The number of hydrogen-bond donors (Lipinski definition) is 6. The highest BCUT2D eigenvalue weighted by molar-refractivity contribution is 5.86. The number of aliphatic hydroxyl groups excluding tert-OH is 5. The Hall–Kier alpha value is -3.31. The molecule has 16 heteroatoms. The first-order valence-electron chi connectivity index (χ1n) is 12.3. The van der Waals surface area contributed by atoms with E-state index in [-0.39, 0.29) is 11.3 Å². The molecule has 0 radical (unpaired) electrons. The van der Waals surface area contributed by atoms with Crippen molar-refractivity contribution in [1.29, 1.82) is 0 Å². The van der Waals surface area contributed by atoms with Crippen LogP contribution < -0.4 is 15.7 Å². The summed E-state index contributed by atoms with van der Waals surface area (Å²) in [6, 6.07) is 4.68. The number of rotatable bonds is 8. The average Bonchev–Trinajstić information content (AvgIpc) is 2.91. The lowest BCUT2D eigenvalue weighted by molar-refractivity contribution is -0.339. The zero-order chi connectivity index (χ0) is 29.1. The Balaban J connectivity index is 1.62. The standard InChI is InChI=1S/C24H30N4O12/c1-9-6-15(31)36-11-4-3-5-12(16(9)11)37-23-17(27-10(2)30)19(33)22(14(8-29)39-23)40-24-21(35)20(34)18(32)13(38-24)7-26-28-25/h3-6,13-14,17-24,29,32-35H,7-8H2,1-2H3,(H,27,30)/t13-,14-,17-,18+,19-,20+,21-,22-,23-,24+/m1/s1. The summed E-state index contributed by atoms with van der Waals surface area (Å²) in [6.45, 7) is 1.75. The van der Waals surface area contributed by atoms with Gasteiger partial charge in [0.25, 0.3) is 0 Å². The fourth-order valence-electron chi connectivity index (χ4n) is 4.77. The van der Waals surface area contributed by atoms with E-state index in [2.05, 4.69) is 15.3 Å². The van der Waals surface area contributed by atoms with Crippen LogP contribution in [0.4, 0.5) is 0 Å². The lowest BCUT2D eigenvalue weighted by atomic mass is 9.95. The second kappa shape index (κ2) is 12.5. The number of ether oxygens (including phenoxy) is 4. The molecule has 10 atom stereocenters. The molecule has 1 aromatic carbocycles. The SMILES string of the molecule is CC(=O)N[C@H]1[C@H](Oc2cccc3oc(=O)cc(C)c23)O[C@H](CO)[C@@H](O[C@@H]2O[C@H](CN=[N+]=[N-])[C@H](O)[C@H](O)[C@H]2O)[C@@H]1O. The van der Waals surface area contributed by atoms with Gasteiger partial charge in [-0.1, -0.05) is 11.2 Å². The van der Waals surface area contributed by atoms with Gasteiger partial charge in [-0.2, -0.15) is 0 Å². The molecule has 2 aliphatic heterocycles. The van der Waals surface area contributed by atoms with E-state index in [9.17, 15) is 35.1 Å². The number of aliphatic hydroxyl groups is 5. The zero-order valence-electron chi connectivity index (χ0n) is 21.4. The molecule has 218 valence electrons. The molecule has 2 aliphatic rings.